The topological polar surface area (TPSA) is 12.0 Å². The number of nitrogens with one attached hydrogen (secondary N) is 1. The van der Waals surface area contributed by atoms with Crippen LogP contribution in [0.4, 0.5) is 0 Å². The monoisotopic (exact) mass is 259 g/mol. The Morgan fingerprint density at radius 2 is 1.89 bits per heavy atom. The Hall–Kier alpha value is -0.820. The predicted molar refractivity (Wildman–Crippen MR) is 83.5 cm³/mol. The highest BCUT2D eigenvalue weighted by atomic mass is 14.9. The smallest absolute Gasteiger partial charge is 0.00725 e. The molecule has 1 aromatic rings. The largest absolute Gasteiger partial charge is 0.313 e. The lowest BCUT2D eigenvalue weighted by molar-refractivity contribution is 0.193. The molecule has 1 aliphatic carbocycles. The third-order valence-corrected chi connectivity index (χ3v) is 4.59. The molecule has 2 rings (SSSR count). The van der Waals surface area contributed by atoms with Gasteiger partial charge in [-0.3, -0.25) is 0 Å². The summed E-state index contributed by atoms with van der Waals surface area (Å²) in [6, 6.07) is 11.6. The Morgan fingerprint density at radius 1 is 1.21 bits per heavy atom. The molecule has 0 spiro atoms. The zero-order valence-corrected chi connectivity index (χ0v) is 13.0. The molecule has 1 fully saturated rings. The van der Waals surface area contributed by atoms with Crippen LogP contribution in [0, 0.1) is 5.41 Å². The van der Waals surface area contributed by atoms with Gasteiger partial charge in [-0.15, -0.1) is 0 Å². The van der Waals surface area contributed by atoms with Crippen LogP contribution in [0.15, 0.2) is 30.3 Å². The standard InChI is InChI=1S/C18H29N/c1-17(2)12-8-11-16(13-17)19-14-18(3,4)15-9-6-5-7-10-15/h5-7,9-10,16,19H,8,11-14H2,1-4H3. The van der Waals surface area contributed by atoms with Gasteiger partial charge in [-0.1, -0.05) is 64.4 Å². The number of hydrogen-bond acceptors (Lipinski definition) is 1. The lowest BCUT2D eigenvalue weighted by Gasteiger charge is -2.37. The first-order valence-electron chi connectivity index (χ1n) is 7.68. The lowest BCUT2D eigenvalue weighted by atomic mass is 9.74. The minimum absolute atomic E-state index is 0.211. The Morgan fingerprint density at radius 3 is 2.53 bits per heavy atom. The molecule has 1 aromatic carbocycles. The van der Waals surface area contributed by atoms with Gasteiger partial charge in [0.1, 0.15) is 0 Å². The van der Waals surface area contributed by atoms with E-state index in [1.165, 1.54) is 31.2 Å². The van der Waals surface area contributed by atoms with Gasteiger partial charge in [0, 0.05) is 18.0 Å². The summed E-state index contributed by atoms with van der Waals surface area (Å²) in [6.45, 7) is 10.6. The van der Waals surface area contributed by atoms with Crippen molar-refractivity contribution in [1.82, 2.24) is 5.32 Å². The quantitative estimate of drug-likeness (QED) is 0.838. The van der Waals surface area contributed by atoms with Gasteiger partial charge >= 0.3 is 0 Å². The van der Waals surface area contributed by atoms with Crippen molar-refractivity contribution >= 4 is 0 Å². The fraction of sp³-hybridized carbons (Fsp3) is 0.667. The third kappa shape index (κ3) is 4.07. The molecule has 1 N–H and O–H groups in total. The number of rotatable bonds is 4. The lowest BCUT2D eigenvalue weighted by Crippen LogP contribution is -2.43. The average Bonchev–Trinajstić information content (AvgIpc) is 2.37. The van der Waals surface area contributed by atoms with Crippen molar-refractivity contribution in [3.05, 3.63) is 35.9 Å². The second kappa shape index (κ2) is 5.66. The number of hydrogen-bond donors (Lipinski definition) is 1. The van der Waals surface area contributed by atoms with Crippen LogP contribution in [0.2, 0.25) is 0 Å². The van der Waals surface area contributed by atoms with Crippen molar-refractivity contribution in [2.75, 3.05) is 6.54 Å². The first-order chi connectivity index (χ1) is 8.89. The van der Waals surface area contributed by atoms with E-state index in [1.807, 2.05) is 0 Å². The van der Waals surface area contributed by atoms with Crippen LogP contribution in [0.5, 0.6) is 0 Å². The summed E-state index contributed by atoms with van der Waals surface area (Å²) in [5.74, 6) is 0. The molecule has 19 heavy (non-hydrogen) atoms. The molecule has 0 aromatic heterocycles. The maximum absolute atomic E-state index is 3.82. The highest BCUT2D eigenvalue weighted by Gasteiger charge is 2.29. The van der Waals surface area contributed by atoms with Gasteiger partial charge in [-0.2, -0.15) is 0 Å². The fourth-order valence-electron chi connectivity index (χ4n) is 3.26. The third-order valence-electron chi connectivity index (χ3n) is 4.59. The van der Waals surface area contributed by atoms with Crippen molar-refractivity contribution in [2.45, 2.75) is 64.8 Å². The molecule has 0 bridgehead atoms. The molecule has 1 atom stereocenters. The van der Waals surface area contributed by atoms with E-state index in [1.54, 1.807) is 0 Å². The maximum Gasteiger partial charge on any atom is 0.00725 e. The van der Waals surface area contributed by atoms with Gasteiger partial charge in [0.25, 0.3) is 0 Å². The van der Waals surface area contributed by atoms with E-state index in [0.29, 0.717) is 11.5 Å². The van der Waals surface area contributed by atoms with Crippen LogP contribution in [-0.2, 0) is 5.41 Å². The van der Waals surface area contributed by atoms with Crippen LogP contribution >= 0.6 is 0 Å². The molecule has 1 heteroatoms. The van der Waals surface area contributed by atoms with E-state index < -0.39 is 0 Å². The SMILES string of the molecule is CC1(C)CCCC(NCC(C)(C)c2ccccc2)C1. The molecule has 0 saturated heterocycles. The summed E-state index contributed by atoms with van der Waals surface area (Å²) in [6.07, 6.45) is 5.41. The van der Waals surface area contributed by atoms with Crippen LogP contribution in [0.3, 0.4) is 0 Å². The molecule has 1 saturated carbocycles. The van der Waals surface area contributed by atoms with Crippen molar-refractivity contribution in [1.29, 1.82) is 0 Å². The minimum Gasteiger partial charge on any atom is -0.313 e. The second-order valence-corrected chi connectivity index (χ2v) is 7.59. The molecule has 0 aliphatic heterocycles. The second-order valence-electron chi connectivity index (χ2n) is 7.59. The predicted octanol–water partition coefficient (Wildman–Crippen LogP) is 4.52. The summed E-state index contributed by atoms with van der Waals surface area (Å²) < 4.78 is 0. The molecule has 0 heterocycles. The average molecular weight is 259 g/mol. The fourth-order valence-corrected chi connectivity index (χ4v) is 3.26. The molecule has 1 nitrogen and oxygen atoms in total. The first kappa shape index (κ1) is 14.6. The molecular formula is C18H29N. The van der Waals surface area contributed by atoms with Crippen molar-refractivity contribution in [3.63, 3.8) is 0 Å². The van der Waals surface area contributed by atoms with Crippen molar-refractivity contribution in [2.24, 2.45) is 5.41 Å². The van der Waals surface area contributed by atoms with E-state index in [9.17, 15) is 0 Å². The van der Waals surface area contributed by atoms with Gasteiger partial charge in [0.15, 0.2) is 0 Å². The summed E-state index contributed by atoms with van der Waals surface area (Å²) in [7, 11) is 0. The molecule has 0 amide bonds. The van der Waals surface area contributed by atoms with Crippen LogP contribution in [-0.4, -0.2) is 12.6 Å². The van der Waals surface area contributed by atoms with Gasteiger partial charge in [-0.25, -0.2) is 0 Å². The first-order valence-corrected chi connectivity index (χ1v) is 7.68. The van der Waals surface area contributed by atoms with Crippen molar-refractivity contribution < 1.29 is 0 Å². The van der Waals surface area contributed by atoms with Gasteiger partial charge in [-0.05, 0) is 30.2 Å². The summed E-state index contributed by atoms with van der Waals surface area (Å²) in [4.78, 5) is 0. The normalized spacial score (nSPS) is 23.3. The van der Waals surface area contributed by atoms with E-state index in [-0.39, 0.29) is 5.41 Å². The Bertz CT molecular complexity index is 391. The molecular weight excluding hydrogens is 230 g/mol. The zero-order valence-electron chi connectivity index (χ0n) is 13.0. The van der Waals surface area contributed by atoms with E-state index in [4.69, 9.17) is 0 Å². The zero-order chi connectivity index (χ0) is 13.9. The van der Waals surface area contributed by atoms with E-state index in [2.05, 4.69) is 63.3 Å². The van der Waals surface area contributed by atoms with E-state index >= 15 is 0 Å². The Labute approximate surface area is 118 Å². The summed E-state index contributed by atoms with van der Waals surface area (Å²) in [5, 5.41) is 3.82. The number of benzene rings is 1. The maximum atomic E-state index is 3.82. The molecule has 0 radical (unpaired) electrons. The van der Waals surface area contributed by atoms with Gasteiger partial charge in [0.2, 0.25) is 0 Å². The Balaban J connectivity index is 1.91. The van der Waals surface area contributed by atoms with Crippen LogP contribution in [0.25, 0.3) is 0 Å². The molecule has 106 valence electrons. The highest BCUT2D eigenvalue weighted by Crippen LogP contribution is 2.35. The van der Waals surface area contributed by atoms with E-state index in [0.717, 1.165) is 6.54 Å². The summed E-state index contributed by atoms with van der Waals surface area (Å²) >= 11 is 0. The van der Waals surface area contributed by atoms with Crippen LogP contribution in [0.1, 0.15) is 58.9 Å². The summed E-state index contributed by atoms with van der Waals surface area (Å²) in [5.41, 5.74) is 2.16. The molecule has 1 aliphatic rings. The van der Waals surface area contributed by atoms with Crippen molar-refractivity contribution in [3.8, 4) is 0 Å². The van der Waals surface area contributed by atoms with Crippen LogP contribution < -0.4 is 5.32 Å². The Kier molecular flexibility index (Phi) is 4.35. The molecule has 1 unspecified atom stereocenters. The highest BCUT2D eigenvalue weighted by molar-refractivity contribution is 5.23. The van der Waals surface area contributed by atoms with Gasteiger partial charge in [0.05, 0.1) is 0 Å². The van der Waals surface area contributed by atoms with Gasteiger partial charge < -0.3 is 5.32 Å². The minimum atomic E-state index is 0.211.